The zero-order valence-corrected chi connectivity index (χ0v) is 23.3. The van der Waals surface area contributed by atoms with Gasteiger partial charge in [-0.25, -0.2) is 17.8 Å². The molecule has 214 valence electrons. The van der Waals surface area contributed by atoms with Gasteiger partial charge in [0.15, 0.2) is 0 Å². The standard InChI is InChI=1S/C29H34FN3O6S/c1-37-25-12-8-22(9-13-25)28(34)32(18-26-4-2-14-38-26)17-24-16-31-29(33(24)19-27-5-3-15-39-27)40(35,36)20-21-6-10-23(30)11-7-21/h6-13,16,26-27H,2-5,14-15,17-20H2,1H3/t26-,27-/m0/s1. The molecule has 40 heavy (non-hydrogen) atoms. The fourth-order valence-corrected chi connectivity index (χ4v) is 6.68. The summed E-state index contributed by atoms with van der Waals surface area (Å²) in [7, 11) is -2.32. The third-order valence-electron chi connectivity index (χ3n) is 7.28. The molecule has 2 fully saturated rings. The van der Waals surface area contributed by atoms with Gasteiger partial charge >= 0.3 is 0 Å². The summed E-state index contributed by atoms with van der Waals surface area (Å²) in [5, 5.41) is -0.0868. The van der Waals surface area contributed by atoms with Crippen LogP contribution in [0.4, 0.5) is 4.39 Å². The summed E-state index contributed by atoms with van der Waals surface area (Å²) >= 11 is 0. The Kier molecular flexibility index (Phi) is 8.82. The fraction of sp³-hybridized carbons (Fsp3) is 0.448. The molecule has 5 rings (SSSR count). The third kappa shape index (κ3) is 6.71. The molecule has 0 aliphatic carbocycles. The van der Waals surface area contributed by atoms with Gasteiger partial charge in [-0.2, -0.15) is 0 Å². The molecular formula is C29H34FN3O6S. The van der Waals surface area contributed by atoms with Crippen LogP contribution in [0, 0.1) is 5.82 Å². The average Bonchev–Trinajstić information content (AvgIpc) is 3.73. The van der Waals surface area contributed by atoms with Crippen LogP contribution in [0.5, 0.6) is 5.75 Å². The number of ether oxygens (including phenoxy) is 3. The second kappa shape index (κ2) is 12.5. The van der Waals surface area contributed by atoms with E-state index in [-0.39, 0.29) is 35.6 Å². The minimum atomic E-state index is -3.88. The highest BCUT2D eigenvalue weighted by molar-refractivity contribution is 7.90. The van der Waals surface area contributed by atoms with Crippen LogP contribution < -0.4 is 4.74 Å². The second-order valence-corrected chi connectivity index (χ2v) is 12.1. The number of hydrogen-bond donors (Lipinski definition) is 0. The number of sulfone groups is 1. The summed E-state index contributed by atoms with van der Waals surface area (Å²) in [6.45, 7) is 2.09. The van der Waals surface area contributed by atoms with Crippen LogP contribution >= 0.6 is 0 Å². The van der Waals surface area contributed by atoms with E-state index in [9.17, 15) is 17.6 Å². The van der Waals surface area contributed by atoms with Crippen molar-refractivity contribution in [1.29, 1.82) is 0 Å². The number of amides is 1. The third-order valence-corrected chi connectivity index (χ3v) is 8.88. The lowest BCUT2D eigenvalue weighted by Crippen LogP contribution is -2.37. The van der Waals surface area contributed by atoms with Crippen molar-refractivity contribution in [2.24, 2.45) is 0 Å². The topological polar surface area (TPSA) is 100.0 Å². The molecule has 1 amide bonds. The minimum absolute atomic E-state index is 0.0868. The first-order chi connectivity index (χ1) is 19.3. The van der Waals surface area contributed by atoms with Crippen molar-refractivity contribution in [3.63, 3.8) is 0 Å². The molecule has 2 aliphatic rings. The molecule has 3 heterocycles. The van der Waals surface area contributed by atoms with Crippen LogP contribution in [0.3, 0.4) is 0 Å². The zero-order chi connectivity index (χ0) is 28.1. The summed E-state index contributed by atoms with van der Waals surface area (Å²) in [6.07, 6.45) is 4.75. The monoisotopic (exact) mass is 571 g/mol. The van der Waals surface area contributed by atoms with E-state index >= 15 is 0 Å². The molecule has 1 aromatic heterocycles. The van der Waals surface area contributed by atoms with Gasteiger partial charge in [-0.1, -0.05) is 12.1 Å². The molecule has 0 spiro atoms. The SMILES string of the molecule is COc1ccc(C(=O)N(Cc2cnc(S(=O)(=O)Cc3ccc(F)cc3)n2C[C@@H]2CCCO2)C[C@@H]2CCCO2)cc1. The van der Waals surface area contributed by atoms with E-state index in [1.807, 2.05) is 0 Å². The summed E-state index contributed by atoms with van der Waals surface area (Å²) < 4.78 is 59.1. The number of nitrogens with zero attached hydrogens (tertiary/aromatic N) is 3. The molecule has 2 aromatic carbocycles. The summed E-state index contributed by atoms with van der Waals surface area (Å²) in [5.41, 5.74) is 1.55. The smallest absolute Gasteiger partial charge is 0.254 e. The molecule has 0 bridgehead atoms. The number of halogens is 1. The Balaban J connectivity index is 1.46. The molecule has 0 N–H and O–H groups in total. The molecule has 0 radical (unpaired) electrons. The molecule has 2 atom stereocenters. The van der Waals surface area contributed by atoms with Crippen LogP contribution in [0.1, 0.15) is 47.3 Å². The van der Waals surface area contributed by atoms with Crippen molar-refractivity contribution in [2.75, 3.05) is 26.9 Å². The summed E-state index contributed by atoms with van der Waals surface area (Å²) in [4.78, 5) is 19.7. The lowest BCUT2D eigenvalue weighted by atomic mass is 10.1. The number of aromatic nitrogens is 2. The van der Waals surface area contributed by atoms with Crippen LogP contribution in [0.2, 0.25) is 0 Å². The van der Waals surface area contributed by atoms with Gasteiger partial charge in [-0.05, 0) is 67.6 Å². The Hall–Kier alpha value is -3.28. The maximum Gasteiger partial charge on any atom is 0.254 e. The van der Waals surface area contributed by atoms with Gasteiger partial charge in [0.25, 0.3) is 5.91 Å². The van der Waals surface area contributed by atoms with E-state index in [0.717, 1.165) is 25.7 Å². The maximum atomic E-state index is 13.7. The Morgan fingerprint density at radius 3 is 2.35 bits per heavy atom. The number of imidazole rings is 1. The van der Waals surface area contributed by atoms with Gasteiger partial charge in [-0.3, -0.25) is 4.79 Å². The highest BCUT2D eigenvalue weighted by Crippen LogP contribution is 2.24. The van der Waals surface area contributed by atoms with Crippen molar-refractivity contribution in [3.05, 3.63) is 77.4 Å². The Morgan fingerprint density at radius 1 is 1.05 bits per heavy atom. The molecule has 0 saturated carbocycles. The van der Waals surface area contributed by atoms with Gasteiger partial charge in [0, 0.05) is 25.3 Å². The molecule has 11 heteroatoms. The summed E-state index contributed by atoms with van der Waals surface area (Å²) in [5.74, 6) is -0.303. The van der Waals surface area contributed by atoms with Crippen molar-refractivity contribution in [2.45, 2.75) is 61.9 Å². The Labute approximate surface area is 233 Å². The highest BCUT2D eigenvalue weighted by Gasteiger charge is 2.30. The molecule has 2 saturated heterocycles. The normalized spacial score (nSPS) is 19.1. The van der Waals surface area contributed by atoms with E-state index in [4.69, 9.17) is 14.2 Å². The van der Waals surface area contributed by atoms with Crippen LogP contribution in [0.15, 0.2) is 59.9 Å². The fourth-order valence-electron chi connectivity index (χ4n) is 5.18. The first-order valence-corrected chi connectivity index (χ1v) is 15.2. The van der Waals surface area contributed by atoms with E-state index in [0.29, 0.717) is 48.9 Å². The highest BCUT2D eigenvalue weighted by atomic mass is 32.2. The quantitative estimate of drug-likeness (QED) is 0.343. The lowest BCUT2D eigenvalue weighted by Gasteiger charge is -2.27. The minimum Gasteiger partial charge on any atom is -0.497 e. The predicted octanol–water partition coefficient (Wildman–Crippen LogP) is 4.01. The van der Waals surface area contributed by atoms with E-state index in [2.05, 4.69) is 4.98 Å². The molecular weight excluding hydrogens is 537 g/mol. The number of hydrogen-bond acceptors (Lipinski definition) is 7. The number of benzene rings is 2. The largest absolute Gasteiger partial charge is 0.497 e. The predicted molar refractivity (Wildman–Crippen MR) is 145 cm³/mol. The van der Waals surface area contributed by atoms with Gasteiger partial charge in [0.05, 0.1) is 50.1 Å². The van der Waals surface area contributed by atoms with E-state index in [1.165, 1.54) is 30.5 Å². The number of carbonyl (C=O) groups is 1. The van der Waals surface area contributed by atoms with Crippen LogP contribution in [-0.4, -0.2) is 67.9 Å². The number of carbonyl (C=O) groups excluding carboxylic acids is 1. The van der Waals surface area contributed by atoms with E-state index < -0.39 is 15.7 Å². The van der Waals surface area contributed by atoms with Gasteiger partial charge < -0.3 is 23.7 Å². The number of rotatable bonds is 11. The molecule has 0 unspecified atom stereocenters. The lowest BCUT2D eigenvalue weighted by molar-refractivity contribution is 0.0496. The number of methoxy groups -OCH3 is 1. The Morgan fingerprint density at radius 2 is 1.73 bits per heavy atom. The van der Waals surface area contributed by atoms with Gasteiger partial charge in [-0.15, -0.1) is 0 Å². The second-order valence-electron chi connectivity index (χ2n) is 10.2. The van der Waals surface area contributed by atoms with E-state index in [1.54, 1.807) is 40.8 Å². The maximum absolute atomic E-state index is 13.7. The van der Waals surface area contributed by atoms with Crippen molar-refractivity contribution < 1.29 is 31.8 Å². The first-order valence-electron chi connectivity index (χ1n) is 13.5. The molecule has 2 aliphatic heterocycles. The Bertz CT molecular complexity index is 1400. The average molecular weight is 572 g/mol. The first kappa shape index (κ1) is 28.3. The summed E-state index contributed by atoms with van der Waals surface area (Å²) in [6, 6.07) is 12.3. The van der Waals surface area contributed by atoms with Crippen molar-refractivity contribution in [1.82, 2.24) is 14.5 Å². The van der Waals surface area contributed by atoms with Crippen LogP contribution in [-0.2, 0) is 38.2 Å². The van der Waals surface area contributed by atoms with Crippen molar-refractivity contribution >= 4 is 15.7 Å². The molecule has 9 nitrogen and oxygen atoms in total. The van der Waals surface area contributed by atoms with Gasteiger partial charge in [0.1, 0.15) is 11.6 Å². The van der Waals surface area contributed by atoms with Gasteiger partial charge in [0.2, 0.25) is 15.0 Å². The molecule has 3 aromatic rings. The zero-order valence-electron chi connectivity index (χ0n) is 22.5. The van der Waals surface area contributed by atoms with Crippen LogP contribution in [0.25, 0.3) is 0 Å². The van der Waals surface area contributed by atoms with Crippen molar-refractivity contribution in [3.8, 4) is 5.75 Å².